The van der Waals surface area contributed by atoms with Crippen LogP contribution in [0.15, 0.2) is 24.3 Å². The second-order valence-corrected chi connectivity index (χ2v) is 5.31. The number of nitrogens with one attached hydrogen (secondary N) is 1. The van der Waals surface area contributed by atoms with E-state index in [0.29, 0.717) is 6.54 Å². The molecule has 1 saturated carbocycles. The van der Waals surface area contributed by atoms with Gasteiger partial charge in [-0.2, -0.15) is 0 Å². The highest BCUT2D eigenvalue weighted by atomic mass is 16.1. The van der Waals surface area contributed by atoms with Gasteiger partial charge in [0, 0.05) is 18.2 Å². The predicted octanol–water partition coefficient (Wildman–Crippen LogP) is 2.91. The molecule has 0 spiro atoms. The van der Waals surface area contributed by atoms with Crippen LogP contribution in [0.2, 0.25) is 0 Å². The zero-order chi connectivity index (χ0) is 13.0. The van der Waals surface area contributed by atoms with Crippen LogP contribution in [0.4, 0.5) is 5.69 Å². The van der Waals surface area contributed by atoms with Gasteiger partial charge in [0.25, 0.3) is 0 Å². The van der Waals surface area contributed by atoms with E-state index in [2.05, 4.69) is 12.2 Å². The van der Waals surface area contributed by atoms with Gasteiger partial charge in [-0.05, 0) is 43.2 Å². The fourth-order valence-electron chi connectivity index (χ4n) is 2.58. The maximum absolute atomic E-state index is 12.2. The van der Waals surface area contributed by atoms with E-state index in [9.17, 15) is 4.79 Å². The molecule has 1 aromatic rings. The molecule has 0 aliphatic heterocycles. The quantitative estimate of drug-likeness (QED) is 0.861. The number of carbonyl (C=O) groups is 1. The smallest absolute Gasteiger partial charge is 0.227 e. The van der Waals surface area contributed by atoms with Gasteiger partial charge in [0.2, 0.25) is 5.91 Å². The molecule has 0 saturated heterocycles. The lowest BCUT2D eigenvalue weighted by atomic mass is 9.82. The predicted molar refractivity (Wildman–Crippen MR) is 74.1 cm³/mol. The number of hydrogen-bond donors (Lipinski definition) is 2. The highest BCUT2D eigenvalue weighted by molar-refractivity contribution is 5.93. The average Bonchev–Trinajstić information content (AvgIpc) is 2.40. The Kier molecular flexibility index (Phi) is 4.37. The topological polar surface area (TPSA) is 55.1 Å². The average molecular weight is 246 g/mol. The van der Waals surface area contributed by atoms with Gasteiger partial charge in [-0.3, -0.25) is 4.79 Å². The minimum absolute atomic E-state index is 0.155. The molecule has 1 amide bonds. The van der Waals surface area contributed by atoms with Crippen molar-refractivity contribution in [2.24, 2.45) is 17.6 Å². The summed E-state index contributed by atoms with van der Waals surface area (Å²) in [5.74, 6) is 1.10. The summed E-state index contributed by atoms with van der Waals surface area (Å²) in [5, 5.41) is 3.03. The monoisotopic (exact) mass is 246 g/mol. The van der Waals surface area contributed by atoms with E-state index in [0.717, 1.165) is 42.9 Å². The number of para-hydroxylation sites is 1. The molecule has 18 heavy (non-hydrogen) atoms. The maximum Gasteiger partial charge on any atom is 0.227 e. The Balaban J connectivity index is 1.98. The van der Waals surface area contributed by atoms with Crippen molar-refractivity contribution in [1.82, 2.24) is 0 Å². The number of anilines is 1. The molecular formula is C15H22N2O. The van der Waals surface area contributed by atoms with Crippen molar-refractivity contribution < 1.29 is 4.79 Å². The van der Waals surface area contributed by atoms with Crippen molar-refractivity contribution in [2.45, 2.75) is 39.2 Å². The lowest BCUT2D eigenvalue weighted by Crippen LogP contribution is -2.27. The third kappa shape index (κ3) is 3.10. The van der Waals surface area contributed by atoms with E-state index in [4.69, 9.17) is 5.73 Å². The van der Waals surface area contributed by atoms with Crippen molar-refractivity contribution in [3.05, 3.63) is 29.8 Å². The van der Waals surface area contributed by atoms with Crippen LogP contribution in [0.1, 0.15) is 38.2 Å². The summed E-state index contributed by atoms with van der Waals surface area (Å²) < 4.78 is 0. The Hall–Kier alpha value is -1.35. The number of carbonyl (C=O) groups excluding carboxylic acids is 1. The standard InChI is InChI=1S/C15H22N2O/c1-11-6-8-12(9-7-11)15(18)17-14-5-3-2-4-13(14)10-16/h2-5,11-12H,6-10,16H2,1H3,(H,17,18). The third-order valence-corrected chi connectivity index (χ3v) is 3.88. The summed E-state index contributed by atoms with van der Waals surface area (Å²) in [6, 6.07) is 7.75. The first-order chi connectivity index (χ1) is 8.70. The molecule has 0 bridgehead atoms. The summed E-state index contributed by atoms with van der Waals surface area (Å²) >= 11 is 0. The van der Waals surface area contributed by atoms with Gasteiger partial charge in [-0.1, -0.05) is 25.1 Å². The number of benzene rings is 1. The van der Waals surface area contributed by atoms with Crippen molar-refractivity contribution in [3.8, 4) is 0 Å². The van der Waals surface area contributed by atoms with Crippen LogP contribution in [0.25, 0.3) is 0 Å². The zero-order valence-corrected chi connectivity index (χ0v) is 11.0. The molecule has 2 rings (SSSR count). The molecule has 3 heteroatoms. The van der Waals surface area contributed by atoms with Gasteiger partial charge >= 0.3 is 0 Å². The minimum Gasteiger partial charge on any atom is -0.326 e. The maximum atomic E-state index is 12.2. The Labute approximate surface area is 109 Å². The molecular weight excluding hydrogens is 224 g/mol. The van der Waals surface area contributed by atoms with E-state index in [1.165, 1.54) is 0 Å². The fraction of sp³-hybridized carbons (Fsp3) is 0.533. The molecule has 3 N–H and O–H groups in total. The lowest BCUT2D eigenvalue weighted by molar-refractivity contribution is -0.121. The highest BCUT2D eigenvalue weighted by Crippen LogP contribution is 2.29. The van der Waals surface area contributed by atoms with E-state index >= 15 is 0 Å². The summed E-state index contributed by atoms with van der Waals surface area (Å²) in [4.78, 5) is 12.2. The molecule has 98 valence electrons. The molecule has 1 fully saturated rings. The van der Waals surface area contributed by atoms with Gasteiger partial charge in [0.05, 0.1) is 0 Å². The largest absolute Gasteiger partial charge is 0.326 e. The van der Waals surface area contributed by atoms with E-state index in [1.807, 2.05) is 24.3 Å². The molecule has 0 aromatic heterocycles. The van der Waals surface area contributed by atoms with Gasteiger partial charge in [0.15, 0.2) is 0 Å². The van der Waals surface area contributed by atoms with Crippen molar-refractivity contribution in [2.75, 3.05) is 5.32 Å². The molecule has 0 unspecified atom stereocenters. The zero-order valence-electron chi connectivity index (χ0n) is 11.0. The molecule has 0 heterocycles. The highest BCUT2D eigenvalue weighted by Gasteiger charge is 2.24. The van der Waals surface area contributed by atoms with Crippen LogP contribution in [-0.4, -0.2) is 5.91 Å². The first-order valence-electron chi connectivity index (χ1n) is 6.79. The second-order valence-electron chi connectivity index (χ2n) is 5.31. The van der Waals surface area contributed by atoms with E-state index < -0.39 is 0 Å². The van der Waals surface area contributed by atoms with Crippen molar-refractivity contribution >= 4 is 11.6 Å². The number of nitrogens with two attached hydrogens (primary N) is 1. The van der Waals surface area contributed by atoms with Crippen LogP contribution >= 0.6 is 0 Å². The molecule has 3 nitrogen and oxygen atoms in total. The van der Waals surface area contributed by atoms with E-state index in [1.54, 1.807) is 0 Å². The molecule has 1 aliphatic rings. The van der Waals surface area contributed by atoms with Gasteiger partial charge in [-0.25, -0.2) is 0 Å². The first-order valence-corrected chi connectivity index (χ1v) is 6.79. The summed E-state index contributed by atoms with van der Waals surface area (Å²) in [6.45, 7) is 2.72. The van der Waals surface area contributed by atoms with Crippen LogP contribution in [0.5, 0.6) is 0 Å². The Morgan fingerprint density at radius 2 is 1.94 bits per heavy atom. The second kappa shape index (κ2) is 6.01. The summed E-state index contributed by atoms with van der Waals surface area (Å²) in [5.41, 5.74) is 7.53. The number of hydrogen-bond acceptors (Lipinski definition) is 2. The van der Waals surface area contributed by atoms with Crippen LogP contribution < -0.4 is 11.1 Å². The summed E-state index contributed by atoms with van der Waals surface area (Å²) in [6.07, 6.45) is 4.35. The first kappa shape index (κ1) is 13.1. The Bertz CT molecular complexity index is 409. The number of rotatable bonds is 3. The molecule has 1 aliphatic carbocycles. The van der Waals surface area contributed by atoms with Gasteiger partial charge in [-0.15, -0.1) is 0 Å². The Morgan fingerprint density at radius 1 is 1.28 bits per heavy atom. The third-order valence-electron chi connectivity index (χ3n) is 3.88. The van der Waals surface area contributed by atoms with Crippen LogP contribution in [0.3, 0.4) is 0 Å². The van der Waals surface area contributed by atoms with Crippen molar-refractivity contribution in [1.29, 1.82) is 0 Å². The molecule has 1 aromatic carbocycles. The van der Waals surface area contributed by atoms with Crippen LogP contribution in [-0.2, 0) is 11.3 Å². The molecule has 0 atom stereocenters. The number of amides is 1. The van der Waals surface area contributed by atoms with Crippen molar-refractivity contribution in [3.63, 3.8) is 0 Å². The normalized spacial score (nSPS) is 23.7. The fourth-order valence-corrected chi connectivity index (χ4v) is 2.58. The summed E-state index contributed by atoms with van der Waals surface area (Å²) in [7, 11) is 0. The van der Waals surface area contributed by atoms with Gasteiger partial charge in [0.1, 0.15) is 0 Å². The minimum atomic E-state index is 0.155. The molecule has 0 radical (unpaired) electrons. The lowest BCUT2D eigenvalue weighted by Gasteiger charge is -2.25. The SMILES string of the molecule is CC1CCC(C(=O)Nc2ccccc2CN)CC1. The van der Waals surface area contributed by atoms with Crippen LogP contribution in [0, 0.1) is 11.8 Å². The van der Waals surface area contributed by atoms with Gasteiger partial charge < -0.3 is 11.1 Å². The Morgan fingerprint density at radius 3 is 2.61 bits per heavy atom. The van der Waals surface area contributed by atoms with E-state index in [-0.39, 0.29) is 11.8 Å².